The molecule has 0 amide bonds. The van der Waals surface area contributed by atoms with Gasteiger partial charge in [-0.25, -0.2) is 0 Å². The minimum atomic E-state index is -3.65. The van der Waals surface area contributed by atoms with E-state index in [-0.39, 0.29) is 39.9 Å². The summed E-state index contributed by atoms with van der Waals surface area (Å²) >= 11 is -3.65. The predicted molar refractivity (Wildman–Crippen MR) is 0 cm³/mol. The molecule has 0 rings (SSSR count). The average Bonchev–Trinajstić information content (AvgIpc) is 0.811. The van der Waals surface area contributed by atoms with Crippen molar-refractivity contribution in [2.45, 2.75) is 0 Å². The van der Waals surface area contributed by atoms with Gasteiger partial charge in [-0.05, 0) is 0 Å². The zero-order valence-electron chi connectivity index (χ0n) is 1.96. The SMILES string of the molecule is [Gd+3].[O-][Br+2]([O-])[O-]. The summed E-state index contributed by atoms with van der Waals surface area (Å²) in [4.78, 5) is 0. The van der Waals surface area contributed by atoms with Gasteiger partial charge < -0.3 is 12.6 Å². The van der Waals surface area contributed by atoms with Crippen LogP contribution in [0.4, 0.5) is 0 Å². The van der Waals surface area contributed by atoms with Crippen LogP contribution in [0.5, 0.6) is 0 Å². The Morgan fingerprint density at radius 1 is 1.00 bits per heavy atom. The van der Waals surface area contributed by atoms with Crippen LogP contribution in [0.3, 0.4) is 0 Å². The van der Waals surface area contributed by atoms with Gasteiger partial charge in [-0.1, -0.05) is 0 Å². The summed E-state index contributed by atoms with van der Waals surface area (Å²) < 4.78 is 25.6. The van der Waals surface area contributed by atoms with Crippen molar-refractivity contribution in [1.82, 2.24) is 0 Å². The number of rotatable bonds is 0. The number of hydrogen-bond donors (Lipinski definition) is 0. The average molecular weight is 285 g/mol. The molecular formula is BrGdO3+2. The van der Waals surface area contributed by atoms with Crippen molar-refractivity contribution in [2.24, 2.45) is 0 Å². The molecule has 3 nitrogen and oxygen atoms in total. The van der Waals surface area contributed by atoms with Gasteiger partial charge in [0.05, 0.1) is 0 Å². The van der Waals surface area contributed by atoms with E-state index in [1.807, 2.05) is 0 Å². The molecule has 0 fully saturated rings. The summed E-state index contributed by atoms with van der Waals surface area (Å²) in [5.74, 6) is 0. The maximum Gasteiger partial charge on any atom is 3.00 e. The van der Waals surface area contributed by atoms with Crippen molar-refractivity contribution < 1.29 is 67.3 Å². The molecule has 0 aliphatic carbocycles. The minimum absolute atomic E-state index is 0. The Bertz CT molecular complexity index is 11.6. The second kappa shape index (κ2) is 5.68. The molecule has 5 heavy (non-hydrogen) atoms. The van der Waals surface area contributed by atoms with E-state index in [9.17, 15) is 0 Å². The van der Waals surface area contributed by atoms with E-state index < -0.39 is 14.8 Å². The number of hydrogen-bond acceptors (Lipinski definition) is 3. The molecule has 0 saturated heterocycles. The molecule has 0 aromatic heterocycles. The van der Waals surface area contributed by atoms with Crippen molar-refractivity contribution in [3.8, 4) is 0 Å². The topological polar surface area (TPSA) is 69.2 Å². The summed E-state index contributed by atoms with van der Waals surface area (Å²) in [6.45, 7) is 0. The fourth-order valence-corrected chi connectivity index (χ4v) is 0. The van der Waals surface area contributed by atoms with Gasteiger partial charge in [-0.15, -0.1) is 0 Å². The molecule has 0 aliphatic heterocycles. The molecule has 0 aromatic carbocycles. The van der Waals surface area contributed by atoms with E-state index in [1.54, 1.807) is 0 Å². The van der Waals surface area contributed by atoms with Gasteiger partial charge in [0.1, 0.15) is 0 Å². The van der Waals surface area contributed by atoms with Crippen LogP contribution in [0.25, 0.3) is 0 Å². The van der Waals surface area contributed by atoms with E-state index in [1.165, 1.54) is 0 Å². The van der Waals surface area contributed by atoms with E-state index in [0.717, 1.165) is 0 Å². The predicted octanol–water partition coefficient (Wildman–Crippen LogP) is -3.57. The fourth-order valence-electron chi connectivity index (χ4n) is 0. The standard InChI is InChI=1S/BrO3.Gd/c2-1(3)4;/q-1;+3. The maximum absolute atomic E-state index is 8.52. The minimum Gasteiger partial charge on any atom is -0.405 e. The van der Waals surface area contributed by atoms with Gasteiger partial charge in [0.2, 0.25) is 14.8 Å². The van der Waals surface area contributed by atoms with Crippen molar-refractivity contribution in [2.75, 3.05) is 0 Å². The smallest absolute Gasteiger partial charge is 0.405 e. The van der Waals surface area contributed by atoms with E-state index in [4.69, 9.17) is 12.6 Å². The summed E-state index contributed by atoms with van der Waals surface area (Å²) in [5.41, 5.74) is 0. The molecule has 0 aliphatic rings. The zero-order valence-corrected chi connectivity index (χ0v) is 5.81. The van der Waals surface area contributed by atoms with Crippen LogP contribution in [0.1, 0.15) is 0 Å². The van der Waals surface area contributed by atoms with Crippen LogP contribution in [0.15, 0.2) is 0 Å². The Labute approximate surface area is 66.5 Å². The third kappa shape index (κ3) is 27.2. The molecule has 31 valence electrons. The third-order valence-corrected chi connectivity index (χ3v) is 0. The molecule has 0 atom stereocenters. The molecule has 5 heteroatoms. The van der Waals surface area contributed by atoms with Gasteiger partial charge in [0, 0.05) is 0 Å². The Morgan fingerprint density at radius 3 is 1.00 bits per heavy atom. The van der Waals surface area contributed by atoms with E-state index in [2.05, 4.69) is 0 Å². The van der Waals surface area contributed by atoms with Crippen molar-refractivity contribution >= 4 is 0 Å². The first-order valence-electron chi connectivity index (χ1n) is 0.463. The molecule has 1 radical (unpaired) electrons. The molecule has 0 heterocycles. The molecule has 0 aromatic rings. The number of halogens is 1. The molecule has 0 saturated carbocycles. The largest absolute Gasteiger partial charge is 3.00 e. The van der Waals surface area contributed by atoms with Crippen molar-refractivity contribution in [3.05, 3.63) is 0 Å². The van der Waals surface area contributed by atoms with Crippen LogP contribution in [-0.4, -0.2) is 0 Å². The van der Waals surface area contributed by atoms with Gasteiger partial charge in [-0.2, -0.15) is 0 Å². The molecule has 0 unspecified atom stereocenters. The third-order valence-electron chi connectivity index (χ3n) is 0. The monoisotopic (exact) mass is 285 g/mol. The Balaban J connectivity index is 0. The summed E-state index contributed by atoms with van der Waals surface area (Å²) in [5, 5.41) is 0. The normalized spacial score (nSPS) is 7.20. The van der Waals surface area contributed by atoms with Crippen LogP contribution < -0.4 is 12.6 Å². The molecule has 0 spiro atoms. The molecule has 0 N–H and O–H groups in total. The first-order valence-corrected chi connectivity index (χ1v) is 2.41. The second-order valence-corrected chi connectivity index (χ2v) is 0.982. The Kier molecular flexibility index (Phi) is 11.2. The van der Waals surface area contributed by atoms with Crippen LogP contribution in [0, 0.1) is 54.8 Å². The van der Waals surface area contributed by atoms with Crippen LogP contribution in [-0.2, 0) is 0 Å². The van der Waals surface area contributed by atoms with Gasteiger partial charge in [0.15, 0.2) is 0 Å². The fraction of sp³-hybridized carbons (Fsp3) is 0. The zero-order chi connectivity index (χ0) is 3.58. The Morgan fingerprint density at radius 2 is 1.00 bits per heavy atom. The molecule has 0 bridgehead atoms. The van der Waals surface area contributed by atoms with E-state index >= 15 is 0 Å². The summed E-state index contributed by atoms with van der Waals surface area (Å²) in [6.07, 6.45) is 0. The van der Waals surface area contributed by atoms with Gasteiger partial charge in [-0.3, -0.25) is 0 Å². The Hall–Kier alpha value is 1.68. The van der Waals surface area contributed by atoms with Gasteiger partial charge >= 0.3 is 39.9 Å². The first kappa shape index (κ1) is 9.84. The first-order chi connectivity index (χ1) is 1.73. The summed E-state index contributed by atoms with van der Waals surface area (Å²) in [7, 11) is 0. The van der Waals surface area contributed by atoms with Crippen LogP contribution in [0.2, 0.25) is 0 Å². The van der Waals surface area contributed by atoms with Crippen LogP contribution >= 0.6 is 0 Å². The van der Waals surface area contributed by atoms with Crippen molar-refractivity contribution in [3.63, 3.8) is 0 Å². The summed E-state index contributed by atoms with van der Waals surface area (Å²) in [6, 6.07) is 0. The quantitative estimate of drug-likeness (QED) is 0.462. The molecular weight excluding hydrogens is 285 g/mol. The second-order valence-electron chi connectivity index (χ2n) is 0.189. The van der Waals surface area contributed by atoms with Crippen molar-refractivity contribution in [1.29, 1.82) is 0 Å². The van der Waals surface area contributed by atoms with E-state index in [0.29, 0.717) is 0 Å². The van der Waals surface area contributed by atoms with Gasteiger partial charge in [0.25, 0.3) is 0 Å². The maximum atomic E-state index is 8.52.